The lowest BCUT2D eigenvalue weighted by molar-refractivity contribution is -0.135. The largest absolute Gasteiger partial charge is 0.405 e. The summed E-state index contributed by atoms with van der Waals surface area (Å²) in [7, 11) is 0. The molecule has 1 aromatic rings. The average molecular weight is 247 g/mol. The maximum Gasteiger partial charge on any atom is 0.405 e. The molecule has 6 heteroatoms. The van der Waals surface area contributed by atoms with Gasteiger partial charge in [0, 0.05) is 6.08 Å². The number of halogens is 4. The Hall–Kier alpha value is -1.85. The molecule has 0 aliphatic heterocycles. The standard InChI is InChI=1S/C11H9F4NO/c12-9-3-1-2-8(6-9)4-5-10(17)16-7-11(13,14)15/h1-6H,7H2,(H,16,17). The highest BCUT2D eigenvalue weighted by atomic mass is 19.4. The quantitative estimate of drug-likeness (QED) is 0.645. The van der Waals surface area contributed by atoms with Crippen molar-refractivity contribution < 1.29 is 22.4 Å². The van der Waals surface area contributed by atoms with Crippen molar-refractivity contribution in [3.8, 4) is 0 Å². The molecule has 0 saturated carbocycles. The summed E-state index contributed by atoms with van der Waals surface area (Å²) in [4.78, 5) is 11.0. The number of carbonyl (C=O) groups excluding carboxylic acids is 1. The summed E-state index contributed by atoms with van der Waals surface area (Å²) in [5.41, 5.74) is 0.396. The van der Waals surface area contributed by atoms with E-state index in [2.05, 4.69) is 0 Å². The summed E-state index contributed by atoms with van der Waals surface area (Å²) in [5, 5.41) is 1.66. The highest BCUT2D eigenvalue weighted by Gasteiger charge is 2.27. The van der Waals surface area contributed by atoms with E-state index < -0.39 is 24.4 Å². The molecule has 1 amide bonds. The second kappa shape index (κ2) is 5.47. The Bertz CT molecular complexity index is 426. The van der Waals surface area contributed by atoms with E-state index in [9.17, 15) is 22.4 Å². The van der Waals surface area contributed by atoms with Crippen LogP contribution in [0.1, 0.15) is 5.56 Å². The molecule has 0 atom stereocenters. The summed E-state index contributed by atoms with van der Waals surface area (Å²) in [6.45, 7) is -1.39. The summed E-state index contributed by atoms with van der Waals surface area (Å²) in [6, 6.07) is 5.34. The summed E-state index contributed by atoms with van der Waals surface area (Å²) in [5.74, 6) is -1.37. The number of carbonyl (C=O) groups is 1. The van der Waals surface area contributed by atoms with Crippen LogP contribution in [-0.4, -0.2) is 18.6 Å². The fraction of sp³-hybridized carbons (Fsp3) is 0.182. The van der Waals surface area contributed by atoms with Gasteiger partial charge in [-0.25, -0.2) is 4.39 Å². The van der Waals surface area contributed by atoms with Crippen LogP contribution in [0.2, 0.25) is 0 Å². The normalized spacial score (nSPS) is 11.8. The van der Waals surface area contributed by atoms with Crippen LogP contribution >= 0.6 is 0 Å². The lowest BCUT2D eigenvalue weighted by Gasteiger charge is -2.05. The van der Waals surface area contributed by atoms with Crippen LogP contribution in [-0.2, 0) is 4.79 Å². The van der Waals surface area contributed by atoms with Crippen LogP contribution in [0.15, 0.2) is 30.3 Å². The second-order valence-electron chi connectivity index (χ2n) is 3.22. The van der Waals surface area contributed by atoms with Gasteiger partial charge in [0.25, 0.3) is 0 Å². The maximum absolute atomic E-state index is 12.7. The van der Waals surface area contributed by atoms with E-state index in [0.717, 1.165) is 12.1 Å². The summed E-state index contributed by atoms with van der Waals surface area (Å²) >= 11 is 0. The molecule has 0 spiro atoms. The molecule has 0 unspecified atom stereocenters. The zero-order valence-electron chi connectivity index (χ0n) is 8.59. The molecule has 0 radical (unpaired) electrons. The third-order valence-corrected chi connectivity index (χ3v) is 1.74. The van der Waals surface area contributed by atoms with Gasteiger partial charge < -0.3 is 5.32 Å². The highest BCUT2D eigenvalue weighted by Crippen LogP contribution is 2.12. The molecule has 17 heavy (non-hydrogen) atoms. The van der Waals surface area contributed by atoms with Gasteiger partial charge in [0.05, 0.1) is 0 Å². The molecule has 0 saturated heterocycles. The van der Waals surface area contributed by atoms with Crippen LogP contribution in [0.3, 0.4) is 0 Å². The average Bonchev–Trinajstić information content (AvgIpc) is 2.23. The smallest absolute Gasteiger partial charge is 0.343 e. The van der Waals surface area contributed by atoms with Crippen molar-refractivity contribution in [1.29, 1.82) is 0 Å². The first-order chi connectivity index (χ1) is 7.87. The van der Waals surface area contributed by atoms with E-state index in [0.29, 0.717) is 5.56 Å². The summed E-state index contributed by atoms with van der Waals surface area (Å²) < 4.78 is 47.9. The number of alkyl halides is 3. The van der Waals surface area contributed by atoms with Gasteiger partial charge in [-0.1, -0.05) is 12.1 Å². The van der Waals surface area contributed by atoms with E-state index in [4.69, 9.17) is 0 Å². The molecule has 2 nitrogen and oxygen atoms in total. The number of hydrogen-bond donors (Lipinski definition) is 1. The maximum atomic E-state index is 12.7. The lowest BCUT2D eigenvalue weighted by Crippen LogP contribution is -2.32. The van der Waals surface area contributed by atoms with E-state index in [1.54, 1.807) is 5.32 Å². The first-order valence-corrected chi connectivity index (χ1v) is 4.65. The fourth-order valence-corrected chi connectivity index (χ4v) is 1.03. The SMILES string of the molecule is O=C(C=Cc1cccc(F)c1)NCC(F)(F)F. The molecule has 0 aliphatic carbocycles. The molecular weight excluding hydrogens is 238 g/mol. The lowest BCUT2D eigenvalue weighted by atomic mass is 10.2. The zero-order valence-corrected chi connectivity index (χ0v) is 8.59. The van der Waals surface area contributed by atoms with Crippen molar-refractivity contribution in [2.45, 2.75) is 6.18 Å². The molecule has 1 N–H and O–H groups in total. The minimum absolute atomic E-state index is 0.396. The Kier molecular flexibility index (Phi) is 4.25. The predicted molar refractivity (Wildman–Crippen MR) is 54.5 cm³/mol. The van der Waals surface area contributed by atoms with Gasteiger partial charge >= 0.3 is 6.18 Å². The van der Waals surface area contributed by atoms with E-state index in [-0.39, 0.29) is 0 Å². The van der Waals surface area contributed by atoms with Gasteiger partial charge in [-0.2, -0.15) is 13.2 Å². The molecule has 1 rings (SSSR count). The first kappa shape index (κ1) is 13.2. The Balaban J connectivity index is 2.51. The summed E-state index contributed by atoms with van der Waals surface area (Å²) in [6.07, 6.45) is -2.29. The van der Waals surface area contributed by atoms with Gasteiger partial charge in [-0.3, -0.25) is 4.79 Å². The van der Waals surface area contributed by atoms with Crippen molar-refractivity contribution in [1.82, 2.24) is 5.32 Å². The Morgan fingerprint density at radius 2 is 2.06 bits per heavy atom. The van der Waals surface area contributed by atoms with Crippen molar-refractivity contribution >= 4 is 12.0 Å². The van der Waals surface area contributed by atoms with Crippen LogP contribution in [0.4, 0.5) is 17.6 Å². The van der Waals surface area contributed by atoms with Gasteiger partial charge in [-0.15, -0.1) is 0 Å². The van der Waals surface area contributed by atoms with Crippen molar-refractivity contribution in [2.75, 3.05) is 6.54 Å². The Morgan fingerprint density at radius 3 is 2.65 bits per heavy atom. The monoisotopic (exact) mass is 247 g/mol. The molecule has 0 bridgehead atoms. The van der Waals surface area contributed by atoms with Gasteiger partial charge in [0.15, 0.2) is 0 Å². The Morgan fingerprint density at radius 1 is 1.35 bits per heavy atom. The zero-order chi connectivity index (χ0) is 12.9. The molecule has 92 valence electrons. The number of hydrogen-bond acceptors (Lipinski definition) is 1. The van der Waals surface area contributed by atoms with Crippen LogP contribution in [0.25, 0.3) is 6.08 Å². The second-order valence-corrected chi connectivity index (χ2v) is 3.22. The number of amides is 1. The van der Waals surface area contributed by atoms with Crippen molar-refractivity contribution in [3.63, 3.8) is 0 Å². The van der Waals surface area contributed by atoms with Crippen LogP contribution in [0, 0.1) is 5.82 Å². The number of benzene rings is 1. The van der Waals surface area contributed by atoms with Gasteiger partial charge in [0.1, 0.15) is 12.4 Å². The third kappa shape index (κ3) is 5.70. The van der Waals surface area contributed by atoms with Crippen LogP contribution < -0.4 is 5.32 Å². The highest BCUT2D eigenvalue weighted by molar-refractivity contribution is 5.91. The molecule has 1 aromatic carbocycles. The predicted octanol–water partition coefficient (Wildman–Crippen LogP) is 2.52. The molecule has 0 heterocycles. The first-order valence-electron chi connectivity index (χ1n) is 4.65. The topological polar surface area (TPSA) is 29.1 Å². The minimum atomic E-state index is -4.44. The third-order valence-electron chi connectivity index (χ3n) is 1.74. The molecular formula is C11H9F4NO. The molecule has 0 fully saturated rings. The van der Waals surface area contributed by atoms with E-state index in [1.807, 2.05) is 0 Å². The molecule has 0 aromatic heterocycles. The minimum Gasteiger partial charge on any atom is -0.343 e. The van der Waals surface area contributed by atoms with E-state index in [1.165, 1.54) is 24.3 Å². The van der Waals surface area contributed by atoms with E-state index >= 15 is 0 Å². The number of nitrogens with one attached hydrogen (secondary N) is 1. The fourth-order valence-electron chi connectivity index (χ4n) is 1.03. The van der Waals surface area contributed by atoms with Crippen LogP contribution in [0.5, 0.6) is 0 Å². The molecule has 0 aliphatic rings. The Labute approximate surface area is 94.9 Å². The van der Waals surface area contributed by atoms with Crippen molar-refractivity contribution in [2.24, 2.45) is 0 Å². The number of rotatable bonds is 3. The van der Waals surface area contributed by atoms with Crippen molar-refractivity contribution in [3.05, 3.63) is 41.7 Å². The van der Waals surface area contributed by atoms with Gasteiger partial charge in [0.2, 0.25) is 5.91 Å². The van der Waals surface area contributed by atoms with Gasteiger partial charge in [-0.05, 0) is 23.8 Å².